The van der Waals surface area contributed by atoms with Gasteiger partial charge in [0.2, 0.25) is 0 Å². The second-order valence-electron chi connectivity index (χ2n) is 3.77. The summed E-state index contributed by atoms with van der Waals surface area (Å²) in [5.74, 6) is 1.34. The van der Waals surface area contributed by atoms with Crippen LogP contribution in [0.15, 0.2) is 24.3 Å². The maximum absolute atomic E-state index is 8.60. The molecular formula is C13H17NO. The van der Waals surface area contributed by atoms with Crippen LogP contribution in [0.4, 0.5) is 0 Å². The van der Waals surface area contributed by atoms with Gasteiger partial charge in [-0.3, -0.25) is 0 Å². The second-order valence-corrected chi connectivity index (χ2v) is 3.77. The quantitative estimate of drug-likeness (QED) is 0.750. The van der Waals surface area contributed by atoms with Crippen LogP contribution in [-0.2, 0) is 0 Å². The molecule has 1 aromatic rings. The molecule has 0 spiro atoms. The minimum absolute atomic E-state index is 0.389. The molecule has 0 aliphatic carbocycles. The number of benzene rings is 1. The summed E-state index contributed by atoms with van der Waals surface area (Å²) in [6.45, 7) is 6.11. The van der Waals surface area contributed by atoms with Crippen molar-refractivity contribution in [2.75, 3.05) is 0 Å². The lowest BCUT2D eigenvalue weighted by atomic mass is 9.99. The van der Waals surface area contributed by atoms with E-state index in [2.05, 4.69) is 26.0 Å². The van der Waals surface area contributed by atoms with E-state index in [1.807, 2.05) is 18.2 Å². The van der Waals surface area contributed by atoms with E-state index in [9.17, 15) is 0 Å². The van der Waals surface area contributed by atoms with E-state index in [-0.39, 0.29) is 6.10 Å². The fourth-order valence-corrected chi connectivity index (χ4v) is 1.34. The van der Waals surface area contributed by atoms with Crippen molar-refractivity contribution in [1.82, 2.24) is 0 Å². The lowest BCUT2D eigenvalue weighted by Crippen LogP contribution is -2.07. The molecule has 0 bridgehead atoms. The molecule has 2 atom stereocenters. The van der Waals surface area contributed by atoms with Crippen LogP contribution in [0.5, 0.6) is 5.75 Å². The molecule has 1 aromatic carbocycles. The molecule has 0 radical (unpaired) electrons. The maximum atomic E-state index is 8.60. The highest BCUT2D eigenvalue weighted by Gasteiger charge is 2.04. The molecule has 0 aliphatic heterocycles. The molecule has 0 fully saturated rings. The Hall–Kier alpha value is -1.49. The van der Waals surface area contributed by atoms with Crippen molar-refractivity contribution in [3.63, 3.8) is 0 Å². The van der Waals surface area contributed by atoms with Crippen LogP contribution in [0.3, 0.4) is 0 Å². The maximum Gasteiger partial charge on any atom is 0.181 e. The normalized spacial score (nSPS) is 14.0. The number of rotatable bonds is 4. The van der Waals surface area contributed by atoms with Crippen molar-refractivity contribution in [1.29, 1.82) is 5.26 Å². The topological polar surface area (TPSA) is 33.0 Å². The van der Waals surface area contributed by atoms with Crippen LogP contribution in [-0.4, -0.2) is 6.10 Å². The van der Waals surface area contributed by atoms with Crippen LogP contribution in [0.1, 0.15) is 38.7 Å². The fourth-order valence-electron chi connectivity index (χ4n) is 1.34. The van der Waals surface area contributed by atoms with Gasteiger partial charge in [0, 0.05) is 0 Å². The first-order valence-corrected chi connectivity index (χ1v) is 5.33. The molecule has 0 aromatic heterocycles. The zero-order valence-electron chi connectivity index (χ0n) is 9.53. The van der Waals surface area contributed by atoms with Gasteiger partial charge in [-0.2, -0.15) is 5.26 Å². The Bertz CT molecular complexity index is 337. The van der Waals surface area contributed by atoms with Crippen molar-refractivity contribution in [3.8, 4) is 11.8 Å². The standard InChI is InChI=1S/C13H17NO/c1-4-10(2)12-5-7-13(8-6-12)15-11(3)9-14/h5-8,10-11H,4H2,1-3H3. The Morgan fingerprint density at radius 1 is 1.27 bits per heavy atom. The summed E-state index contributed by atoms with van der Waals surface area (Å²) in [7, 11) is 0. The van der Waals surface area contributed by atoms with Crippen LogP contribution < -0.4 is 4.74 Å². The highest BCUT2D eigenvalue weighted by Crippen LogP contribution is 2.21. The van der Waals surface area contributed by atoms with E-state index in [0.717, 1.165) is 12.2 Å². The van der Waals surface area contributed by atoms with Crippen LogP contribution in [0.2, 0.25) is 0 Å². The Morgan fingerprint density at radius 3 is 2.33 bits per heavy atom. The third-order valence-electron chi connectivity index (χ3n) is 2.56. The first kappa shape index (κ1) is 11.6. The van der Waals surface area contributed by atoms with Crippen molar-refractivity contribution in [3.05, 3.63) is 29.8 Å². The van der Waals surface area contributed by atoms with Gasteiger partial charge in [0.1, 0.15) is 11.8 Å². The van der Waals surface area contributed by atoms with E-state index < -0.39 is 0 Å². The number of ether oxygens (including phenoxy) is 1. The SMILES string of the molecule is CCC(C)c1ccc(OC(C)C#N)cc1. The lowest BCUT2D eigenvalue weighted by Gasteiger charge is -2.11. The third-order valence-corrected chi connectivity index (χ3v) is 2.56. The van der Waals surface area contributed by atoms with Gasteiger partial charge >= 0.3 is 0 Å². The predicted octanol–water partition coefficient (Wildman–Crippen LogP) is 3.49. The molecule has 0 amide bonds. The van der Waals surface area contributed by atoms with Crippen LogP contribution in [0, 0.1) is 11.3 Å². The molecular weight excluding hydrogens is 186 g/mol. The molecule has 0 N–H and O–H groups in total. The van der Waals surface area contributed by atoms with E-state index in [1.54, 1.807) is 6.92 Å². The largest absolute Gasteiger partial charge is 0.476 e. The van der Waals surface area contributed by atoms with Gasteiger partial charge in [-0.15, -0.1) is 0 Å². The second kappa shape index (κ2) is 5.41. The first-order chi connectivity index (χ1) is 7.17. The highest BCUT2D eigenvalue weighted by molar-refractivity contribution is 5.29. The monoisotopic (exact) mass is 203 g/mol. The van der Waals surface area contributed by atoms with Crippen molar-refractivity contribution >= 4 is 0 Å². The van der Waals surface area contributed by atoms with Crippen molar-refractivity contribution < 1.29 is 4.74 Å². The molecule has 1 rings (SSSR count). The summed E-state index contributed by atoms with van der Waals surface area (Å²) in [6, 6.07) is 10.0. The van der Waals surface area contributed by atoms with Gasteiger partial charge in [-0.1, -0.05) is 26.0 Å². The van der Waals surface area contributed by atoms with E-state index in [4.69, 9.17) is 10.00 Å². The van der Waals surface area contributed by atoms with Gasteiger partial charge < -0.3 is 4.74 Å². The minimum Gasteiger partial charge on any atom is -0.476 e. The van der Waals surface area contributed by atoms with Gasteiger partial charge in [0.05, 0.1) is 0 Å². The molecule has 0 aliphatic rings. The van der Waals surface area contributed by atoms with Crippen molar-refractivity contribution in [2.45, 2.75) is 39.2 Å². The average Bonchev–Trinajstić information content (AvgIpc) is 2.29. The van der Waals surface area contributed by atoms with E-state index >= 15 is 0 Å². The molecule has 0 saturated carbocycles. The average molecular weight is 203 g/mol. The van der Waals surface area contributed by atoms with Crippen LogP contribution >= 0.6 is 0 Å². The Kier molecular flexibility index (Phi) is 4.17. The summed E-state index contributed by atoms with van der Waals surface area (Å²) >= 11 is 0. The molecule has 2 heteroatoms. The first-order valence-electron chi connectivity index (χ1n) is 5.33. The van der Waals surface area contributed by atoms with Crippen molar-refractivity contribution in [2.24, 2.45) is 0 Å². The molecule has 2 nitrogen and oxygen atoms in total. The minimum atomic E-state index is -0.389. The van der Waals surface area contributed by atoms with Gasteiger partial charge in [0.25, 0.3) is 0 Å². The summed E-state index contributed by atoms with van der Waals surface area (Å²) in [6.07, 6.45) is 0.744. The smallest absolute Gasteiger partial charge is 0.181 e. The Balaban J connectivity index is 2.69. The summed E-state index contributed by atoms with van der Waals surface area (Å²) in [4.78, 5) is 0. The van der Waals surface area contributed by atoms with Crippen LogP contribution in [0.25, 0.3) is 0 Å². The fraction of sp³-hybridized carbons (Fsp3) is 0.462. The molecule has 0 heterocycles. The van der Waals surface area contributed by atoms with Gasteiger partial charge in [-0.25, -0.2) is 0 Å². The highest BCUT2D eigenvalue weighted by atomic mass is 16.5. The Morgan fingerprint density at radius 2 is 1.87 bits per heavy atom. The third kappa shape index (κ3) is 3.28. The molecule has 2 unspecified atom stereocenters. The molecule has 0 saturated heterocycles. The van der Waals surface area contributed by atoms with E-state index in [0.29, 0.717) is 5.92 Å². The summed E-state index contributed by atoms with van der Waals surface area (Å²) in [5.41, 5.74) is 1.31. The zero-order chi connectivity index (χ0) is 11.3. The zero-order valence-corrected chi connectivity index (χ0v) is 9.53. The number of nitrogens with zero attached hydrogens (tertiary/aromatic N) is 1. The lowest BCUT2D eigenvalue weighted by molar-refractivity contribution is 0.276. The molecule has 15 heavy (non-hydrogen) atoms. The van der Waals surface area contributed by atoms with Gasteiger partial charge in [0.15, 0.2) is 6.10 Å². The number of nitriles is 1. The Labute approximate surface area is 91.5 Å². The predicted molar refractivity (Wildman–Crippen MR) is 60.9 cm³/mol. The summed E-state index contributed by atoms with van der Waals surface area (Å²) < 4.78 is 5.37. The summed E-state index contributed by atoms with van der Waals surface area (Å²) in [5, 5.41) is 8.60. The van der Waals surface area contributed by atoms with E-state index in [1.165, 1.54) is 5.56 Å². The number of hydrogen-bond donors (Lipinski definition) is 0. The molecule has 80 valence electrons. The van der Waals surface area contributed by atoms with Gasteiger partial charge in [-0.05, 0) is 37.0 Å². The number of hydrogen-bond acceptors (Lipinski definition) is 2.